The third-order valence-electron chi connectivity index (χ3n) is 7.03. The maximum Gasteiger partial charge on any atom is 0.376 e. The highest BCUT2D eigenvalue weighted by Gasteiger charge is 2.24. The first kappa shape index (κ1) is 30.5. The zero-order valence-electron chi connectivity index (χ0n) is 23.4. The smallest absolute Gasteiger partial charge is 0.293 e. The minimum absolute atomic E-state index is 0.0403. The molecular weight excluding hydrogens is 494 g/mol. The van der Waals surface area contributed by atoms with Crippen molar-refractivity contribution in [2.24, 2.45) is 0 Å². The summed E-state index contributed by atoms with van der Waals surface area (Å²) in [5.41, 5.74) is 1.99. The van der Waals surface area contributed by atoms with E-state index in [0.717, 1.165) is 56.1 Å². The maximum absolute atomic E-state index is 16.0. The molecule has 0 aliphatic rings. The summed E-state index contributed by atoms with van der Waals surface area (Å²) < 4.78 is 31.5. The number of aryl methyl sites for hydroxylation is 1. The molecule has 0 bridgehead atoms. The molecule has 39 heavy (non-hydrogen) atoms. The molecule has 0 saturated heterocycles. The van der Waals surface area contributed by atoms with Crippen LogP contribution in [0.4, 0.5) is 8.78 Å². The van der Waals surface area contributed by atoms with E-state index >= 15 is 8.78 Å². The van der Waals surface area contributed by atoms with Crippen LogP contribution in [0.25, 0.3) is 22.3 Å². The van der Waals surface area contributed by atoms with Crippen molar-refractivity contribution < 1.29 is 23.4 Å². The zero-order valence-corrected chi connectivity index (χ0v) is 23.4. The molecule has 3 rings (SSSR count). The minimum Gasteiger partial charge on any atom is -0.293 e. The van der Waals surface area contributed by atoms with Gasteiger partial charge < -0.3 is 0 Å². The highest BCUT2D eigenvalue weighted by Crippen LogP contribution is 2.37. The molecule has 0 aliphatic carbocycles. The van der Waals surface area contributed by atoms with Crippen LogP contribution in [0.3, 0.4) is 0 Å². The maximum atomic E-state index is 16.0. The highest BCUT2D eigenvalue weighted by molar-refractivity contribution is 5.95. The molecular formula is C34H42F2O3. The number of benzene rings is 3. The SMILES string of the molecule is CCCCCCCCCc1ccc(-c2c(-c3ccccc3)ccc(C(=O)OOCCCCCC)c2F)c(F)c1. The standard InChI is InChI=1S/C34H42F2O3/c1-3-5-7-9-10-11-13-17-26-20-21-29(31(35)25-26)32-28(27-18-14-12-15-19-27)22-23-30(33(32)36)34(37)39-38-24-16-8-6-4-2/h12,14-15,18-23,25H,3-11,13,16-17,24H2,1-2H3. The van der Waals surface area contributed by atoms with Crippen molar-refractivity contribution in [3.63, 3.8) is 0 Å². The number of rotatable bonds is 17. The summed E-state index contributed by atoms with van der Waals surface area (Å²) in [6.45, 7) is 4.56. The molecule has 0 aromatic heterocycles. The van der Waals surface area contributed by atoms with E-state index < -0.39 is 17.6 Å². The van der Waals surface area contributed by atoms with Gasteiger partial charge in [-0.1, -0.05) is 120 Å². The normalized spacial score (nSPS) is 11.1. The van der Waals surface area contributed by atoms with Crippen LogP contribution in [0.2, 0.25) is 0 Å². The fourth-order valence-electron chi connectivity index (χ4n) is 4.79. The summed E-state index contributed by atoms with van der Waals surface area (Å²) in [6.07, 6.45) is 13.0. The molecule has 0 fully saturated rings. The van der Waals surface area contributed by atoms with Crippen LogP contribution in [0.1, 0.15) is 100 Å². The third kappa shape index (κ3) is 9.28. The van der Waals surface area contributed by atoms with E-state index in [-0.39, 0.29) is 23.3 Å². The molecule has 0 saturated carbocycles. The van der Waals surface area contributed by atoms with Gasteiger partial charge in [-0.05, 0) is 48.1 Å². The lowest BCUT2D eigenvalue weighted by Crippen LogP contribution is -2.10. The number of halogens is 2. The lowest BCUT2D eigenvalue weighted by atomic mass is 9.91. The van der Waals surface area contributed by atoms with Crippen LogP contribution in [-0.2, 0) is 16.2 Å². The molecule has 0 heterocycles. The Labute approximate surface area is 232 Å². The van der Waals surface area contributed by atoms with Crippen molar-refractivity contribution in [2.75, 3.05) is 6.61 Å². The van der Waals surface area contributed by atoms with Gasteiger partial charge in [0.1, 0.15) is 11.6 Å². The average Bonchev–Trinajstić information content (AvgIpc) is 2.95. The summed E-state index contributed by atoms with van der Waals surface area (Å²) in [5, 5.41) is 0. The lowest BCUT2D eigenvalue weighted by molar-refractivity contribution is -0.241. The van der Waals surface area contributed by atoms with Crippen molar-refractivity contribution in [3.05, 3.63) is 83.4 Å². The van der Waals surface area contributed by atoms with E-state index in [1.165, 1.54) is 44.2 Å². The topological polar surface area (TPSA) is 35.5 Å². The fraction of sp³-hybridized carbons (Fsp3) is 0.441. The van der Waals surface area contributed by atoms with Crippen molar-refractivity contribution in [1.29, 1.82) is 0 Å². The Kier molecular flexibility index (Phi) is 13.1. The average molecular weight is 537 g/mol. The molecule has 3 aromatic rings. The molecule has 3 nitrogen and oxygen atoms in total. The van der Waals surface area contributed by atoms with Gasteiger partial charge in [0.05, 0.1) is 12.2 Å². The third-order valence-corrected chi connectivity index (χ3v) is 7.03. The van der Waals surface area contributed by atoms with Gasteiger partial charge in [-0.2, -0.15) is 4.89 Å². The first-order valence-corrected chi connectivity index (χ1v) is 14.6. The fourth-order valence-corrected chi connectivity index (χ4v) is 4.79. The zero-order chi connectivity index (χ0) is 27.9. The van der Waals surface area contributed by atoms with Crippen LogP contribution < -0.4 is 0 Å². The highest BCUT2D eigenvalue weighted by atomic mass is 19.1. The largest absolute Gasteiger partial charge is 0.376 e. The minimum atomic E-state index is -0.931. The molecule has 0 spiro atoms. The van der Waals surface area contributed by atoms with Crippen LogP contribution in [0.5, 0.6) is 0 Å². The van der Waals surface area contributed by atoms with Gasteiger partial charge in [-0.15, -0.1) is 0 Å². The molecule has 5 heteroatoms. The Morgan fingerprint density at radius 1 is 0.718 bits per heavy atom. The Morgan fingerprint density at radius 2 is 1.36 bits per heavy atom. The van der Waals surface area contributed by atoms with Crippen LogP contribution >= 0.6 is 0 Å². The van der Waals surface area contributed by atoms with Gasteiger partial charge >= 0.3 is 5.97 Å². The Balaban J connectivity index is 1.80. The van der Waals surface area contributed by atoms with E-state index in [4.69, 9.17) is 9.78 Å². The van der Waals surface area contributed by atoms with Crippen molar-refractivity contribution in [2.45, 2.75) is 90.9 Å². The molecule has 210 valence electrons. The summed E-state index contributed by atoms with van der Waals surface area (Å²) in [7, 11) is 0. The molecule has 3 aromatic carbocycles. The first-order valence-electron chi connectivity index (χ1n) is 14.6. The van der Waals surface area contributed by atoms with Crippen molar-refractivity contribution in [1.82, 2.24) is 0 Å². The van der Waals surface area contributed by atoms with Gasteiger partial charge in [0, 0.05) is 11.1 Å². The predicted molar refractivity (Wildman–Crippen MR) is 154 cm³/mol. The Morgan fingerprint density at radius 3 is 2.05 bits per heavy atom. The number of hydrogen-bond donors (Lipinski definition) is 0. The molecule has 0 atom stereocenters. The number of carbonyl (C=O) groups is 1. The lowest BCUT2D eigenvalue weighted by Gasteiger charge is -2.15. The quantitative estimate of drug-likeness (QED) is 0.0978. The summed E-state index contributed by atoms with van der Waals surface area (Å²) >= 11 is 0. The predicted octanol–water partition coefficient (Wildman–Crippen LogP) is 10.3. The summed E-state index contributed by atoms with van der Waals surface area (Å²) in [5.74, 6) is -2.27. The number of carbonyl (C=O) groups excluding carboxylic acids is 1. The second-order valence-corrected chi connectivity index (χ2v) is 10.2. The number of unbranched alkanes of at least 4 members (excludes halogenated alkanes) is 9. The summed E-state index contributed by atoms with van der Waals surface area (Å²) in [6, 6.07) is 17.2. The van der Waals surface area contributed by atoms with Crippen molar-refractivity contribution >= 4 is 5.97 Å². The van der Waals surface area contributed by atoms with Crippen molar-refractivity contribution in [3.8, 4) is 22.3 Å². The van der Waals surface area contributed by atoms with E-state index in [1.807, 2.05) is 36.4 Å². The molecule has 0 N–H and O–H groups in total. The second-order valence-electron chi connectivity index (χ2n) is 10.2. The van der Waals surface area contributed by atoms with E-state index in [0.29, 0.717) is 5.56 Å². The van der Waals surface area contributed by atoms with E-state index in [2.05, 4.69) is 13.8 Å². The molecule has 0 radical (unpaired) electrons. The molecule has 0 aliphatic heterocycles. The van der Waals surface area contributed by atoms with Crippen LogP contribution in [0, 0.1) is 11.6 Å². The van der Waals surface area contributed by atoms with Crippen LogP contribution in [-0.4, -0.2) is 12.6 Å². The Hall–Kier alpha value is -3.05. The second kappa shape index (κ2) is 16.8. The monoisotopic (exact) mass is 536 g/mol. The van der Waals surface area contributed by atoms with Crippen LogP contribution in [0.15, 0.2) is 60.7 Å². The van der Waals surface area contributed by atoms with Gasteiger partial charge in [0.15, 0.2) is 0 Å². The van der Waals surface area contributed by atoms with E-state index in [9.17, 15) is 4.79 Å². The molecule has 0 unspecified atom stereocenters. The van der Waals surface area contributed by atoms with Gasteiger partial charge in [-0.3, -0.25) is 4.89 Å². The van der Waals surface area contributed by atoms with Gasteiger partial charge in [0.25, 0.3) is 0 Å². The summed E-state index contributed by atoms with van der Waals surface area (Å²) in [4.78, 5) is 22.6. The van der Waals surface area contributed by atoms with Gasteiger partial charge in [0.2, 0.25) is 0 Å². The number of hydrogen-bond acceptors (Lipinski definition) is 3. The molecule has 0 amide bonds. The Bertz CT molecular complexity index is 1160. The van der Waals surface area contributed by atoms with Gasteiger partial charge in [-0.25, -0.2) is 13.6 Å². The first-order chi connectivity index (χ1) is 19.1. The van der Waals surface area contributed by atoms with E-state index in [1.54, 1.807) is 12.1 Å².